The molecule has 206 valence electrons. The predicted molar refractivity (Wildman–Crippen MR) is 143 cm³/mol. The smallest absolute Gasteiger partial charge is 0.343 e. The number of benzene rings is 3. The van der Waals surface area contributed by atoms with E-state index < -0.39 is 11.9 Å². The Morgan fingerprint density at radius 3 is 2.03 bits per heavy atom. The lowest BCUT2D eigenvalue weighted by Crippen LogP contribution is -2.24. The Hall–Kier alpha value is -4.93. The van der Waals surface area contributed by atoms with Crippen LogP contribution < -0.4 is 38.6 Å². The molecule has 3 rings (SSSR count). The molecule has 0 saturated carbocycles. The van der Waals surface area contributed by atoms with Gasteiger partial charge in [-0.25, -0.2) is 10.2 Å². The van der Waals surface area contributed by atoms with Gasteiger partial charge < -0.3 is 33.2 Å². The van der Waals surface area contributed by atoms with E-state index >= 15 is 0 Å². The maximum Gasteiger partial charge on any atom is 0.343 e. The van der Waals surface area contributed by atoms with E-state index in [1.807, 2.05) is 0 Å². The van der Waals surface area contributed by atoms with Gasteiger partial charge in [-0.05, 0) is 67.1 Å². The molecule has 0 fully saturated rings. The van der Waals surface area contributed by atoms with Crippen molar-refractivity contribution >= 4 is 18.1 Å². The molecular formula is C28H30N2O9. The molecule has 3 aromatic carbocycles. The van der Waals surface area contributed by atoms with Gasteiger partial charge in [0.05, 0.1) is 46.8 Å². The van der Waals surface area contributed by atoms with Crippen molar-refractivity contribution in [1.29, 1.82) is 0 Å². The molecule has 0 spiro atoms. The Bertz CT molecular complexity index is 1280. The summed E-state index contributed by atoms with van der Waals surface area (Å²) in [5, 5.41) is 3.95. The van der Waals surface area contributed by atoms with Crippen LogP contribution in [0.15, 0.2) is 59.7 Å². The first-order chi connectivity index (χ1) is 18.9. The summed E-state index contributed by atoms with van der Waals surface area (Å²) in [5.41, 5.74) is 3.19. The van der Waals surface area contributed by atoms with Gasteiger partial charge >= 0.3 is 5.97 Å². The van der Waals surface area contributed by atoms with Crippen molar-refractivity contribution in [2.45, 2.75) is 6.92 Å². The highest BCUT2D eigenvalue weighted by Crippen LogP contribution is 2.39. The number of hydrazone groups is 1. The van der Waals surface area contributed by atoms with Crippen molar-refractivity contribution < 1.29 is 42.7 Å². The standard InChI is InChI=1S/C28H30N2O9/c1-6-37-23-13-18(16-29-30-26(31)17-38-21-10-8-20(33-2)9-11-21)7-12-22(23)39-28(32)19-14-24(34-3)27(36-5)25(15-19)35-4/h7-16H,6,17H2,1-5H3,(H,30,31)/b29-16-. The van der Waals surface area contributed by atoms with Crippen LogP contribution in [0.3, 0.4) is 0 Å². The molecule has 0 aliphatic heterocycles. The molecule has 3 aromatic rings. The SMILES string of the molecule is CCOc1cc(/C=N\NC(=O)COc2ccc(OC)cc2)ccc1OC(=O)c1cc(OC)c(OC)c(OC)c1. The van der Waals surface area contributed by atoms with Crippen LogP contribution in [-0.2, 0) is 4.79 Å². The van der Waals surface area contributed by atoms with Gasteiger partial charge in [0.1, 0.15) is 11.5 Å². The number of methoxy groups -OCH3 is 4. The van der Waals surface area contributed by atoms with Gasteiger partial charge in [0.2, 0.25) is 5.75 Å². The minimum Gasteiger partial charge on any atom is -0.497 e. The number of carbonyl (C=O) groups excluding carboxylic acids is 2. The molecule has 0 aliphatic rings. The second kappa shape index (κ2) is 14.1. The molecule has 0 heterocycles. The lowest BCUT2D eigenvalue weighted by atomic mass is 10.1. The molecule has 0 aromatic heterocycles. The largest absolute Gasteiger partial charge is 0.497 e. The first-order valence-corrected chi connectivity index (χ1v) is 11.8. The zero-order valence-corrected chi connectivity index (χ0v) is 22.3. The van der Waals surface area contributed by atoms with Crippen molar-refractivity contribution in [3.05, 3.63) is 65.7 Å². The normalized spacial score (nSPS) is 10.5. The van der Waals surface area contributed by atoms with Crippen molar-refractivity contribution in [2.24, 2.45) is 5.10 Å². The van der Waals surface area contributed by atoms with Gasteiger partial charge in [-0.3, -0.25) is 4.79 Å². The molecule has 11 heteroatoms. The summed E-state index contributed by atoms with van der Waals surface area (Å²) in [6.45, 7) is 1.91. The highest BCUT2D eigenvalue weighted by molar-refractivity contribution is 5.93. The third kappa shape index (κ3) is 7.78. The first-order valence-electron chi connectivity index (χ1n) is 11.8. The molecule has 39 heavy (non-hydrogen) atoms. The number of nitrogens with zero attached hydrogens (tertiary/aromatic N) is 1. The molecule has 0 unspecified atom stereocenters. The van der Waals surface area contributed by atoms with Crippen LogP contribution in [-0.4, -0.2) is 59.7 Å². The lowest BCUT2D eigenvalue weighted by Gasteiger charge is -2.15. The van der Waals surface area contributed by atoms with E-state index in [2.05, 4.69) is 10.5 Å². The summed E-state index contributed by atoms with van der Waals surface area (Å²) in [5.74, 6) is 1.62. The Balaban J connectivity index is 1.65. The Morgan fingerprint density at radius 2 is 1.44 bits per heavy atom. The first kappa shape index (κ1) is 28.6. The van der Waals surface area contributed by atoms with Crippen LogP contribution in [0.2, 0.25) is 0 Å². The van der Waals surface area contributed by atoms with Crippen molar-refractivity contribution in [3.8, 4) is 40.2 Å². The van der Waals surface area contributed by atoms with Gasteiger partial charge in [-0.2, -0.15) is 5.10 Å². The van der Waals surface area contributed by atoms with Crippen LogP contribution in [0.5, 0.6) is 40.2 Å². The Labute approximate surface area is 226 Å². The van der Waals surface area contributed by atoms with E-state index in [0.29, 0.717) is 46.7 Å². The number of amides is 1. The summed E-state index contributed by atoms with van der Waals surface area (Å²) >= 11 is 0. The van der Waals surface area contributed by atoms with Crippen molar-refractivity contribution in [3.63, 3.8) is 0 Å². The molecule has 1 N–H and O–H groups in total. The summed E-state index contributed by atoms with van der Waals surface area (Å²) in [6, 6.07) is 14.7. The topological polar surface area (TPSA) is 123 Å². The average molecular weight is 539 g/mol. The summed E-state index contributed by atoms with van der Waals surface area (Å²) < 4.78 is 37.6. The zero-order valence-electron chi connectivity index (χ0n) is 22.3. The van der Waals surface area contributed by atoms with Gasteiger partial charge in [0.15, 0.2) is 29.6 Å². The van der Waals surface area contributed by atoms with Gasteiger partial charge in [0.25, 0.3) is 5.91 Å². The monoisotopic (exact) mass is 538 g/mol. The van der Waals surface area contributed by atoms with Crippen LogP contribution in [0, 0.1) is 0 Å². The molecule has 0 bridgehead atoms. The van der Waals surface area contributed by atoms with E-state index in [-0.39, 0.29) is 17.9 Å². The average Bonchev–Trinajstić information content (AvgIpc) is 2.96. The van der Waals surface area contributed by atoms with E-state index in [1.54, 1.807) is 56.5 Å². The third-order valence-electron chi connectivity index (χ3n) is 5.20. The molecule has 0 radical (unpaired) electrons. The van der Waals surface area contributed by atoms with E-state index in [9.17, 15) is 9.59 Å². The Kier molecular flexibility index (Phi) is 10.4. The number of carbonyl (C=O) groups is 2. The second-order valence-corrected chi connectivity index (χ2v) is 7.70. The quantitative estimate of drug-likeness (QED) is 0.150. The minimum absolute atomic E-state index is 0.192. The van der Waals surface area contributed by atoms with Gasteiger partial charge in [-0.15, -0.1) is 0 Å². The fourth-order valence-corrected chi connectivity index (χ4v) is 3.35. The Morgan fingerprint density at radius 1 is 0.769 bits per heavy atom. The number of ether oxygens (including phenoxy) is 7. The second-order valence-electron chi connectivity index (χ2n) is 7.70. The summed E-state index contributed by atoms with van der Waals surface area (Å²) in [6.07, 6.45) is 1.43. The molecule has 11 nitrogen and oxygen atoms in total. The zero-order chi connectivity index (χ0) is 28.2. The molecular weight excluding hydrogens is 508 g/mol. The van der Waals surface area contributed by atoms with Crippen LogP contribution in [0.25, 0.3) is 0 Å². The summed E-state index contributed by atoms with van der Waals surface area (Å²) in [7, 11) is 5.95. The van der Waals surface area contributed by atoms with Crippen LogP contribution in [0.1, 0.15) is 22.8 Å². The predicted octanol–water partition coefficient (Wildman–Crippen LogP) is 3.87. The van der Waals surface area contributed by atoms with Crippen LogP contribution in [0.4, 0.5) is 0 Å². The number of hydrogen-bond acceptors (Lipinski definition) is 10. The van der Waals surface area contributed by atoms with Gasteiger partial charge in [-0.1, -0.05) is 0 Å². The fraction of sp³-hybridized carbons (Fsp3) is 0.250. The van der Waals surface area contributed by atoms with Gasteiger partial charge in [0, 0.05) is 0 Å². The van der Waals surface area contributed by atoms with Crippen molar-refractivity contribution in [2.75, 3.05) is 41.7 Å². The van der Waals surface area contributed by atoms with Crippen molar-refractivity contribution in [1.82, 2.24) is 5.43 Å². The van der Waals surface area contributed by atoms with E-state index in [0.717, 1.165) is 0 Å². The number of rotatable bonds is 13. The molecule has 0 aliphatic carbocycles. The number of hydrogen-bond donors (Lipinski definition) is 1. The molecule has 1 amide bonds. The maximum absolute atomic E-state index is 12.9. The minimum atomic E-state index is -0.652. The number of nitrogens with one attached hydrogen (secondary N) is 1. The highest BCUT2D eigenvalue weighted by atomic mass is 16.6. The fourth-order valence-electron chi connectivity index (χ4n) is 3.35. The highest BCUT2D eigenvalue weighted by Gasteiger charge is 2.20. The summed E-state index contributed by atoms with van der Waals surface area (Å²) in [4.78, 5) is 25.0. The lowest BCUT2D eigenvalue weighted by molar-refractivity contribution is -0.123. The maximum atomic E-state index is 12.9. The van der Waals surface area contributed by atoms with Crippen LogP contribution >= 0.6 is 0 Å². The molecule has 0 saturated heterocycles. The molecule has 0 atom stereocenters. The number of esters is 1. The van der Waals surface area contributed by atoms with E-state index in [1.165, 1.54) is 39.7 Å². The third-order valence-corrected chi connectivity index (χ3v) is 5.20. The van der Waals surface area contributed by atoms with E-state index in [4.69, 9.17) is 33.2 Å².